The summed E-state index contributed by atoms with van der Waals surface area (Å²) in [5, 5.41) is 8.75. The highest BCUT2D eigenvalue weighted by molar-refractivity contribution is 7.73. The molecule has 6 aromatic carbocycles. The molecule has 0 spiro atoms. The van der Waals surface area contributed by atoms with Gasteiger partial charge < -0.3 is 4.57 Å². The van der Waals surface area contributed by atoms with Crippen LogP contribution in [0.15, 0.2) is 115 Å². The minimum Gasteiger partial charge on any atom is -0.318 e. The van der Waals surface area contributed by atoms with Crippen molar-refractivity contribution >= 4 is 44.8 Å². The summed E-state index contributed by atoms with van der Waals surface area (Å²) in [6, 6.07) is 42.4. The maximum Gasteiger partial charge on any atom is 0.121 e. The van der Waals surface area contributed by atoms with E-state index in [1.165, 1.54) is 93.1 Å². The van der Waals surface area contributed by atoms with Crippen LogP contribution in [0.5, 0.6) is 0 Å². The first-order chi connectivity index (χ1) is 21.7. The summed E-state index contributed by atoms with van der Waals surface area (Å²) in [4.78, 5) is 0. The van der Waals surface area contributed by atoms with Gasteiger partial charge in [0, 0.05) is 16.6 Å². The Morgan fingerprint density at radius 1 is 0.432 bits per heavy atom. The number of fused-ring (bicyclic) bond motifs is 3. The Morgan fingerprint density at radius 2 is 0.864 bits per heavy atom. The van der Waals surface area contributed by atoms with Crippen LogP contribution in [0.4, 0.5) is 0 Å². The smallest absolute Gasteiger partial charge is 0.121 e. The van der Waals surface area contributed by atoms with E-state index in [0.717, 1.165) is 31.0 Å². The first-order valence-electron chi connectivity index (χ1n) is 16.8. The van der Waals surface area contributed by atoms with Crippen molar-refractivity contribution in [2.75, 3.05) is 0 Å². The van der Waals surface area contributed by atoms with Gasteiger partial charge in [-0.05, 0) is 86.3 Å². The molecule has 2 heteroatoms. The fraction of sp³-hybridized carbons (Fsp3) is 0.286. The highest BCUT2D eigenvalue weighted by Gasteiger charge is 2.42. The van der Waals surface area contributed by atoms with Crippen molar-refractivity contribution in [3.8, 4) is 22.3 Å². The average molecular weight is 593 g/mol. The van der Waals surface area contributed by atoms with Gasteiger partial charge in [-0.2, -0.15) is 0 Å². The Bertz CT molecular complexity index is 1930. The first kappa shape index (κ1) is 27.8. The SMILES string of the molecule is O=P(c1ccc(-c2c3ccccc3c(-c3ccc4ccccc4c3)c3ccccc23)cc1)(C1CCCCC1)C1CCCCC1. The van der Waals surface area contributed by atoms with Crippen LogP contribution in [-0.4, -0.2) is 11.3 Å². The second-order valence-electron chi connectivity index (χ2n) is 13.2. The topological polar surface area (TPSA) is 17.1 Å². The molecule has 8 rings (SSSR count). The first-order valence-corrected chi connectivity index (χ1v) is 18.7. The van der Waals surface area contributed by atoms with E-state index in [-0.39, 0.29) is 0 Å². The Balaban J connectivity index is 1.29. The molecule has 0 heterocycles. The monoisotopic (exact) mass is 592 g/mol. The van der Waals surface area contributed by atoms with Gasteiger partial charge in [0.1, 0.15) is 7.14 Å². The van der Waals surface area contributed by atoms with Crippen LogP contribution in [0.25, 0.3) is 54.6 Å². The molecule has 44 heavy (non-hydrogen) atoms. The summed E-state index contributed by atoms with van der Waals surface area (Å²) in [6.07, 6.45) is 12.1. The Labute approximate surface area is 261 Å². The molecule has 2 fully saturated rings. The van der Waals surface area contributed by atoms with Crippen LogP contribution in [-0.2, 0) is 4.57 Å². The van der Waals surface area contributed by atoms with Crippen molar-refractivity contribution in [3.05, 3.63) is 115 Å². The molecule has 2 saturated carbocycles. The van der Waals surface area contributed by atoms with Crippen LogP contribution >= 0.6 is 7.14 Å². The van der Waals surface area contributed by atoms with E-state index in [2.05, 4.69) is 115 Å². The van der Waals surface area contributed by atoms with E-state index in [1.807, 2.05) is 0 Å². The molecule has 0 atom stereocenters. The average Bonchev–Trinajstić information content (AvgIpc) is 3.11. The van der Waals surface area contributed by atoms with Gasteiger partial charge in [0.15, 0.2) is 0 Å². The number of hydrogen-bond donors (Lipinski definition) is 0. The van der Waals surface area contributed by atoms with Gasteiger partial charge in [-0.3, -0.25) is 0 Å². The summed E-state index contributed by atoms with van der Waals surface area (Å²) < 4.78 is 15.3. The minimum absolute atomic E-state index is 0.369. The van der Waals surface area contributed by atoms with Gasteiger partial charge in [0.2, 0.25) is 0 Å². The van der Waals surface area contributed by atoms with Crippen LogP contribution in [0, 0.1) is 0 Å². The van der Waals surface area contributed by atoms with Crippen molar-refractivity contribution in [1.82, 2.24) is 0 Å². The van der Waals surface area contributed by atoms with Crippen LogP contribution < -0.4 is 5.30 Å². The molecule has 0 amide bonds. The predicted octanol–water partition coefficient (Wildman–Crippen LogP) is 12.1. The van der Waals surface area contributed by atoms with Gasteiger partial charge >= 0.3 is 0 Å². The molecule has 6 aromatic rings. The van der Waals surface area contributed by atoms with Crippen molar-refractivity contribution in [3.63, 3.8) is 0 Å². The molecule has 0 N–H and O–H groups in total. The van der Waals surface area contributed by atoms with Crippen LogP contribution in [0.3, 0.4) is 0 Å². The highest BCUT2D eigenvalue weighted by Crippen LogP contribution is 2.62. The number of hydrogen-bond acceptors (Lipinski definition) is 1. The van der Waals surface area contributed by atoms with E-state index in [4.69, 9.17) is 0 Å². The fourth-order valence-electron chi connectivity index (χ4n) is 8.61. The molecule has 220 valence electrons. The lowest BCUT2D eigenvalue weighted by molar-refractivity contribution is 0.453. The molecular weight excluding hydrogens is 551 g/mol. The van der Waals surface area contributed by atoms with Crippen molar-refractivity contribution in [1.29, 1.82) is 0 Å². The highest BCUT2D eigenvalue weighted by atomic mass is 31.2. The van der Waals surface area contributed by atoms with Crippen molar-refractivity contribution < 1.29 is 4.57 Å². The molecule has 2 aliphatic carbocycles. The van der Waals surface area contributed by atoms with E-state index >= 15 is 4.57 Å². The third-order valence-corrected chi connectivity index (χ3v) is 15.1. The Kier molecular flexibility index (Phi) is 7.39. The third-order valence-electron chi connectivity index (χ3n) is 10.8. The van der Waals surface area contributed by atoms with E-state index < -0.39 is 7.14 Å². The van der Waals surface area contributed by atoms with Crippen molar-refractivity contribution in [2.45, 2.75) is 75.5 Å². The van der Waals surface area contributed by atoms with E-state index in [0.29, 0.717) is 11.3 Å². The summed E-state index contributed by atoms with van der Waals surface area (Å²) in [5.74, 6) is 0. The molecule has 0 bridgehead atoms. The van der Waals surface area contributed by atoms with Crippen LogP contribution in [0.2, 0.25) is 0 Å². The van der Waals surface area contributed by atoms with Crippen LogP contribution in [0.1, 0.15) is 64.2 Å². The molecule has 0 radical (unpaired) electrons. The zero-order chi connectivity index (χ0) is 29.5. The minimum atomic E-state index is -2.50. The number of rotatable bonds is 5. The second kappa shape index (κ2) is 11.7. The zero-order valence-corrected chi connectivity index (χ0v) is 26.4. The summed E-state index contributed by atoms with van der Waals surface area (Å²) in [5.41, 5.74) is 5.77. The molecule has 0 unspecified atom stereocenters. The maximum absolute atomic E-state index is 15.3. The molecule has 0 aromatic heterocycles. The summed E-state index contributed by atoms with van der Waals surface area (Å²) >= 11 is 0. The second-order valence-corrected chi connectivity index (χ2v) is 16.6. The zero-order valence-electron chi connectivity index (χ0n) is 25.6. The third kappa shape index (κ3) is 4.72. The fourth-order valence-corrected chi connectivity index (χ4v) is 12.9. The standard InChI is InChI=1S/C42H41OP/c43-44(34-15-3-1-4-16-34,35-17-5-2-6-18-35)36-27-25-31(26-28-36)41-37-19-9-11-21-39(37)42(40-22-12-10-20-38(40)41)33-24-23-30-13-7-8-14-32(30)29-33/h7-14,19-29,34-35H,1-6,15-18H2. The van der Waals surface area contributed by atoms with Gasteiger partial charge in [-0.15, -0.1) is 0 Å². The van der Waals surface area contributed by atoms with Crippen molar-refractivity contribution in [2.24, 2.45) is 0 Å². The van der Waals surface area contributed by atoms with Gasteiger partial charge in [0.05, 0.1) is 0 Å². The lowest BCUT2D eigenvalue weighted by Crippen LogP contribution is -2.29. The largest absolute Gasteiger partial charge is 0.318 e. The van der Waals surface area contributed by atoms with E-state index in [1.54, 1.807) is 0 Å². The molecular formula is C42H41OP. The summed E-state index contributed by atoms with van der Waals surface area (Å²) in [6.45, 7) is 0. The van der Waals surface area contributed by atoms with Gasteiger partial charge in [-0.1, -0.05) is 148 Å². The maximum atomic E-state index is 15.3. The summed E-state index contributed by atoms with van der Waals surface area (Å²) in [7, 11) is -2.50. The lowest BCUT2D eigenvalue weighted by Gasteiger charge is -2.38. The van der Waals surface area contributed by atoms with E-state index in [9.17, 15) is 0 Å². The molecule has 2 aliphatic rings. The molecule has 0 saturated heterocycles. The molecule has 1 nitrogen and oxygen atoms in total. The lowest BCUT2D eigenvalue weighted by atomic mass is 9.85. The quantitative estimate of drug-likeness (QED) is 0.144. The van der Waals surface area contributed by atoms with Gasteiger partial charge in [-0.25, -0.2) is 0 Å². The Hall–Kier alpha value is -3.67. The Morgan fingerprint density at radius 3 is 1.39 bits per heavy atom. The number of benzene rings is 6. The molecule has 0 aliphatic heterocycles. The predicted molar refractivity (Wildman–Crippen MR) is 191 cm³/mol. The van der Waals surface area contributed by atoms with Gasteiger partial charge in [0.25, 0.3) is 0 Å². The normalized spacial score (nSPS) is 17.0.